The van der Waals surface area contributed by atoms with Crippen molar-refractivity contribution in [2.75, 3.05) is 15.5 Å². The topological polar surface area (TPSA) is 32.5 Å². The van der Waals surface area contributed by atoms with Crippen LogP contribution in [0.1, 0.15) is 63.8 Å². The van der Waals surface area contributed by atoms with Gasteiger partial charge in [-0.05, 0) is 135 Å². The highest BCUT2D eigenvalue weighted by atomic mass is 32.1. The third-order valence-corrected chi connectivity index (χ3v) is 13.0. The van der Waals surface area contributed by atoms with Gasteiger partial charge in [0.05, 0.1) is 5.69 Å². The maximum atomic E-state index is 6.30. The molecule has 0 bridgehead atoms. The van der Waals surface area contributed by atoms with Gasteiger partial charge >= 0.3 is 0 Å². The largest absolute Gasteiger partial charge is 0.399 e. The number of fused-ring (bicyclic) bond motifs is 7. The quantitative estimate of drug-likeness (QED) is 0.147. The Morgan fingerprint density at radius 2 is 1.25 bits per heavy atom. The molecule has 0 saturated carbocycles. The molecule has 3 nitrogen and oxygen atoms in total. The Labute approximate surface area is 317 Å². The van der Waals surface area contributed by atoms with E-state index in [2.05, 4.69) is 161 Å². The van der Waals surface area contributed by atoms with E-state index < -0.39 is 0 Å². The summed E-state index contributed by atoms with van der Waals surface area (Å²) in [4.78, 5) is 5.12. The molecular weight excluding hydrogens is 661 g/mol. The number of nitrogens with two attached hydrogens (primary N) is 1. The molecule has 0 amide bonds. The number of aryl methyl sites for hydroxylation is 2. The fourth-order valence-electron chi connectivity index (χ4n) is 8.71. The predicted molar refractivity (Wildman–Crippen MR) is 231 cm³/mol. The van der Waals surface area contributed by atoms with Gasteiger partial charge in [-0.15, -0.1) is 11.3 Å². The summed E-state index contributed by atoms with van der Waals surface area (Å²) in [5.41, 5.74) is 25.3. The maximum Gasteiger partial charge on any atom is 0.264 e. The lowest BCUT2D eigenvalue weighted by Crippen LogP contribution is -2.60. The van der Waals surface area contributed by atoms with Crippen LogP contribution >= 0.6 is 11.3 Å². The number of anilines is 7. The molecule has 2 N–H and O–H groups in total. The van der Waals surface area contributed by atoms with Crippen LogP contribution in [0.2, 0.25) is 0 Å². The summed E-state index contributed by atoms with van der Waals surface area (Å²) in [7, 11) is 0. The van der Waals surface area contributed by atoms with E-state index in [-0.39, 0.29) is 17.5 Å². The number of hydrogen-bond donors (Lipinski definition) is 1. The first-order chi connectivity index (χ1) is 25.4. The minimum Gasteiger partial charge on any atom is -0.399 e. The minimum atomic E-state index is -0.00144. The molecule has 5 heteroatoms. The average molecular weight is 706 g/mol. The van der Waals surface area contributed by atoms with Crippen LogP contribution < -0.4 is 31.2 Å². The van der Waals surface area contributed by atoms with Crippen LogP contribution in [0, 0.1) is 0 Å². The van der Waals surface area contributed by atoms with E-state index >= 15 is 0 Å². The first-order valence-electron chi connectivity index (χ1n) is 19.0. The number of thiophene rings is 1. The van der Waals surface area contributed by atoms with E-state index in [1.807, 2.05) is 23.5 Å². The molecular formula is C48H44BN3S. The molecule has 10 rings (SSSR count). The summed E-state index contributed by atoms with van der Waals surface area (Å²) >= 11 is 1.98. The van der Waals surface area contributed by atoms with E-state index in [0.29, 0.717) is 0 Å². The van der Waals surface area contributed by atoms with Crippen molar-refractivity contribution >= 4 is 83.6 Å². The lowest BCUT2D eigenvalue weighted by atomic mass is 9.36. The Hall–Kier alpha value is -5.26. The van der Waals surface area contributed by atoms with Crippen molar-refractivity contribution < 1.29 is 0 Å². The van der Waals surface area contributed by atoms with Crippen LogP contribution in [0.15, 0.2) is 121 Å². The first kappa shape index (κ1) is 32.4. The Kier molecular flexibility index (Phi) is 6.95. The summed E-state index contributed by atoms with van der Waals surface area (Å²) in [6, 6.07) is 45.9. The summed E-state index contributed by atoms with van der Waals surface area (Å²) in [5.74, 6) is 0. The second kappa shape index (κ2) is 11.4. The van der Waals surface area contributed by atoms with Gasteiger partial charge < -0.3 is 15.5 Å². The molecule has 3 heterocycles. The van der Waals surface area contributed by atoms with Crippen molar-refractivity contribution in [3.05, 3.63) is 144 Å². The molecule has 7 aromatic rings. The van der Waals surface area contributed by atoms with Crippen LogP contribution in [0.25, 0.3) is 21.2 Å². The van der Waals surface area contributed by atoms with Gasteiger partial charge in [-0.1, -0.05) is 96.1 Å². The van der Waals surface area contributed by atoms with Crippen molar-refractivity contribution in [3.8, 4) is 11.1 Å². The standard InChI is InChI=1S/C48H44BN3S/c1-47(2,3)33-16-23-43-38(27-33)45-46(53-43)49-39-28-34(48(4,5)6)15-22-40(39)51(36-20-17-35(50)18-21-36)41-25-32(29-10-8-7-9-11-29)26-42(44(41)49)52(45)37-19-14-30-12-13-31(30)24-37/h7-11,14-28H,12-13,50H2,1-6H3. The van der Waals surface area contributed by atoms with Gasteiger partial charge in [0.15, 0.2) is 0 Å². The summed E-state index contributed by atoms with van der Waals surface area (Å²) in [5, 5.41) is 1.34. The molecule has 2 aliphatic heterocycles. The van der Waals surface area contributed by atoms with Crippen LogP contribution in [0.4, 0.5) is 39.8 Å². The first-order valence-corrected chi connectivity index (χ1v) is 19.8. The Bertz CT molecular complexity index is 2610. The van der Waals surface area contributed by atoms with Crippen molar-refractivity contribution in [2.24, 2.45) is 0 Å². The van der Waals surface area contributed by atoms with Gasteiger partial charge in [0.1, 0.15) is 0 Å². The monoisotopic (exact) mass is 705 g/mol. The Balaban J connectivity index is 1.36. The van der Waals surface area contributed by atoms with E-state index in [9.17, 15) is 0 Å². The molecule has 53 heavy (non-hydrogen) atoms. The highest BCUT2D eigenvalue weighted by Gasteiger charge is 2.46. The maximum absolute atomic E-state index is 6.30. The van der Waals surface area contributed by atoms with E-state index in [1.54, 1.807) is 0 Å². The Morgan fingerprint density at radius 3 is 1.92 bits per heavy atom. The molecule has 0 unspecified atom stereocenters. The van der Waals surface area contributed by atoms with Crippen molar-refractivity contribution in [2.45, 2.75) is 65.2 Å². The number of nitrogen functional groups attached to an aromatic ring is 1. The predicted octanol–water partition coefficient (Wildman–Crippen LogP) is 10.9. The van der Waals surface area contributed by atoms with Gasteiger partial charge in [0.25, 0.3) is 6.71 Å². The molecule has 0 fully saturated rings. The second-order valence-electron chi connectivity index (χ2n) is 17.2. The van der Waals surface area contributed by atoms with Crippen LogP contribution in [-0.4, -0.2) is 6.71 Å². The van der Waals surface area contributed by atoms with Crippen molar-refractivity contribution in [1.82, 2.24) is 0 Å². The fraction of sp³-hybridized carbons (Fsp3) is 0.208. The molecule has 3 aliphatic rings. The summed E-state index contributed by atoms with van der Waals surface area (Å²) < 4.78 is 2.75. The van der Waals surface area contributed by atoms with Gasteiger partial charge in [-0.25, -0.2) is 0 Å². The minimum absolute atomic E-state index is 0.00144. The molecule has 0 atom stereocenters. The highest BCUT2D eigenvalue weighted by molar-refractivity contribution is 7.33. The third kappa shape index (κ3) is 5.00. The van der Waals surface area contributed by atoms with Crippen molar-refractivity contribution in [3.63, 3.8) is 0 Å². The number of nitrogens with zero attached hydrogens (tertiary/aromatic N) is 2. The molecule has 0 radical (unpaired) electrons. The van der Waals surface area contributed by atoms with Gasteiger partial charge in [0, 0.05) is 49.0 Å². The molecule has 6 aromatic carbocycles. The Morgan fingerprint density at radius 1 is 0.585 bits per heavy atom. The SMILES string of the molecule is CC(C)(C)c1ccc2c(c1)B1c3sc4ccc(C(C)(C)C)cc4c3N(c3ccc4c(c3)CC4)c3cc(-c4ccccc4)cc(c31)N2c1ccc(N)cc1. The lowest BCUT2D eigenvalue weighted by molar-refractivity contribution is 0.590. The molecule has 1 aromatic heterocycles. The van der Waals surface area contributed by atoms with Crippen LogP contribution in [0.3, 0.4) is 0 Å². The number of rotatable bonds is 3. The zero-order valence-electron chi connectivity index (χ0n) is 31.4. The van der Waals surface area contributed by atoms with Crippen LogP contribution in [-0.2, 0) is 23.7 Å². The lowest BCUT2D eigenvalue weighted by Gasteiger charge is -2.44. The summed E-state index contributed by atoms with van der Waals surface area (Å²) in [6.45, 7) is 14.0. The van der Waals surface area contributed by atoms with Crippen LogP contribution in [0.5, 0.6) is 0 Å². The number of hydrogen-bond acceptors (Lipinski definition) is 4. The van der Waals surface area contributed by atoms with Gasteiger partial charge in [0.2, 0.25) is 0 Å². The van der Waals surface area contributed by atoms with E-state index in [4.69, 9.17) is 5.73 Å². The molecule has 0 saturated heterocycles. The smallest absolute Gasteiger partial charge is 0.264 e. The normalized spacial score (nSPS) is 14.4. The zero-order chi connectivity index (χ0) is 36.4. The second-order valence-corrected chi connectivity index (χ2v) is 18.3. The molecule has 1 aliphatic carbocycles. The van der Waals surface area contributed by atoms with E-state index in [1.165, 1.54) is 94.0 Å². The zero-order valence-corrected chi connectivity index (χ0v) is 32.2. The van der Waals surface area contributed by atoms with E-state index in [0.717, 1.165) is 17.8 Å². The average Bonchev–Trinajstić information content (AvgIpc) is 3.50. The van der Waals surface area contributed by atoms with Gasteiger partial charge in [-0.3, -0.25) is 0 Å². The summed E-state index contributed by atoms with van der Waals surface area (Å²) in [6.07, 6.45) is 2.31. The fourth-order valence-corrected chi connectivity index (χ4v) is 10.0. The third-order valence-electron chi connectivity index (χ3n) is 11.8. The molecule has 260 valence electrons. The van der Waals surface area contributed by atoms with Crippen molar-refractivity contribution in [1.29, 1.82) is 0 Å². The highest BCUT2D eigenvalue weighted by Crippen LogP contribution is 2.50. The molecule has 0 spiro atoms. The van der Waals surface area contributed by atoms with Gasteiger partial charge in [-0.2, -0.15) is 0 Å². The number of benzene rings is 6.